The van der Waals surface area contributed by atoms with E-state index in [0.717, 1.165) is 11.1 Å². The number of thiazole rings is 1. The highest BCUT2D eigenvalue weighted by Crippen LogP contribution is 2.31. The summed E-state index contributed by atoms with van der Waals surface area (Å²) in [6.07, 6.45) is 1.63. The normalized spacial score (nSPS) is 15.2. The third kappa shape index (κ3) is 4.64. The molecule has 5 rings (SSSR count). The molecule has 1 aliphatic heterocycles. The number of rotatable bonds is 6. The number of furan rings is 1. The Labute approximate surface area is 221 Å². The van der Waals surface area contributed by atoms with Crippen LogP contribution < -0.4 is 14.9 Å². The number of fused-ring (bicyclic) bond motifs is 1. The summed E-state index contributed by atoms with van der Waals surface area (Å²) < 4.78 is 13.2. The van der Waals surface area contributed by atoms with Gasteiger partial charge in [0.05, 0.1) is 34.0 Å². The van der Waals surface area contributed by atoms with Crippen molar-refractivity contribution in [3.8, 4) is 11.3 Å². The van der Waals surface area contributed by atoms with Gasteiger partial charge in [0.25, 0.3) is 5.56 Å². The first kappa shape index (κ1) is 25.2. The molecule has 0 spiro atoms. The lowest BCUT2D eigenvalue weighted by atomic mass is 9.95. The molecule has 3 heterocycles. The van der Waals surface area contributed by atoms with Crippen molar-refractivity contribution in [2.75, 3.05) is 6.61 Å². The molecule has 9 heteroatoms. The first-order valence-corrected chi connectivity index (χ1v) is 12.8. The smallest absolute Gasteiger partial charge is 0.338 e. The number of hydrogen-bond acceptors (Lipinski definition) is 7. The SMILES string of the molecule is CCOC(=O)C1=C(C)N=c2s/c(=C\c3ccc(-c4cccc(C(=O)O)c4)o3)c(=O)n2[C@H]1c1ccc(C)cc1. The molecule has 8 nitrogen and oxygen atoms in total. The van der Waals surface area contributed by atoms with Crippen LogP contribution in [0, 0.1) is 6.92 Å². The van der Waals surface area contributed by atoms with E-state index in [0.29, 0.717) is 37.7 Å². The predicted molar refractivity (Wildman–Crippen MR) is 143 cm³/mol. The fourth-order valence-corrected chi connectivity index (χ4v) is 5.40. The Morgan fingerprint density at radius 2 is 1.89 bits per heavy atom. The first-order valence-electron chi connectivity index (χ1n) is 12.0. The summed E-state index contributed by atoms with van der Waals surface area (Å²) in [7, 11) is 0. The first-order chi connectivity index (χ1) is 18.3. The lowest BCUT2D eigenvalue weighted by Gasteiger charge is -2.24. The van der Waals surface area contributed by atoms with Gasteiger partial charge in [0, 0.05) is 11.6 Å². The van der Waals surface area contributed by atoms with E-state index in [1.54, 1.807) is 44.2 Å². The third-order valence-electron chi connectivity index (χ3n) is 6.20. The van der Waals surface area contributed by atoms with Gasteiger partial charge in [0.1, 0.15) is 11.5 Å². The largest absolute Gasteiger partial charge is 0.478 e. The Balaban J connectivity index is 1.61. The maximum atomic E-state index is 13.7. The van der Waals surface area contributed by atoms with Crippen LogP contribution in [0.1, 0.15) is 47.1 Å². The van der Waals surface area contributed by atoms with Gasteiger partial charge in [0.2, 0.25) is 0 Å². The van der Waals surface area contributed by atoms with Crippen molar-refractivity contribution in [3.05, 3.63) is 114 Å². The molecule has 0 bridgehead atoms. The molecule has 192 valence electrons. The van der Waals surface area contributed by atoms with Gasteiger partial charge in [0.15, 0.2) is 4.80 Å². The zero-order valence-electron chi connectivity index (χ0n) is 20.9. The molecule has 0 radical (unpaired) electrons. The monoisotopic (exact) mass is 528 g/mol. The van der Waals surface area contributed by atoms with Crippen LogP contribution >= 0.6 is 11.3 Å². The molecule has 0 unspecified atom stereocenters. The number of benzene rings is 2. The number of aromatic carboxylic acids is 1. The molecule has 0 aliphatic carbocycles. The fourth-order valence-electron chi connectivity index (χ4n) is 4.38. The van der Waals surface area contributed by atoms with Crippen LogP contribution in [0.15, 0.2) is 86.1 Å². The number of carbonyl (C=O) groups is 2. The van der Waals surface area contributed by atoms with Crippen molar-refractivity contribution in [1.29, 1.82) is 0 Å². The molecule has 0 fully saturated rings. The molecular formula is C29H24N2O6S. The van der Waals surface area contributed by atoms with Gasteiger partial charge in [-0.2, -0.15) is 0 Å². The number of allylic oxidation sites excluding steroid dienone is 1. The molecule has 38 heavy (non-hydrogen) atoms. The van der Waals surface area contributed by atoms with Crippen LogP contribution in [0.2, 0.25) is 0 Å². The maximum Gasteiger partial charge on any atom is 0.338 e. The Morgan fingerprint density at radius 1 is 1.13 bits per heavy atom. The Kier molecular flexibility index (Phi) is 6.69. The molecule has 0 amide bonds. The molecule has 1 N–H and O–H groups in total. The van der Waals surface area contributed by atoms with Crippen LogP contribution in [-0.2, 0) is 9.53 Å². The van der Waals surface area contributed by atoms with Crippen molar-refractivity contribution in [2.45, 2.75) is 26.8 Å². The number of aromatic nitrogens is 1. The van der Waals surface area contributed by atoms with Crippen molar-refractivity contribution in [2.24, 2.45) is 4.99 Å². The molecule has 4 aromatic rings. The van der Waals surface area contributed by atoms with Crippen LogP contribution in [0.4, 0.5) is 0 Å². The predicted octanol–water partition coefficient (Wildman–Crippen LogP) is 4.06. The van der Waals surface area contributed by atoms with Gasteiger partial charge in [-0.25, -0.2) is 14.6 Å². The number of ether oxygens (including phenoxy) is 1. The number of carbonyl (C=O) groups excluding carboxylic acids is 1. The van der Waals surface area contributed by atoms with E-state index >= 15 is 0 Å². The highest BCUT2D eigenvalue weighted by Gasteiger charge is 2.33. The lowest BCUT2D eigenvalue weighted by Crippen LogP contribution is -2.39. The molecular weight excluding hydrogens is 504 g/mol. The Hall–Kier alpha value is -4.50. The van der Waals surface area contributed by atoms with Gasteiger partial charge in [-0.15, -0.1) is 0 Å². The summed E-state index contributed by atoms with van der Waals surface area (Å²) in [5.74, 6) is -0.627. The summed E-state index contributed by atoms with van der Waals surface area (Å²) in [6.45, 7) is 5.66. The van der Waals surface area contributed by atoms with Crippen molar-refractivity contribution in [1.82, 2.24) is 4.57 Å². The van der Waals surface area contributed by atoms with Crippen molar-refractivity contribution >= 4 is 29.4 Å². The van der Waals surface area contributed by atoms with Crippen LogP contribution in [0.3, 0.4) is 0 Å². The highest BCUT2D eigenvalue weighted by molar-refractivity contribution is 7.07. The summed E-state index contributed by atoms with van der Waals surface area (Å²) in [6, 6.07) is 16.9. The zero-order chi connectivity index (χ0) is 27.0. The number of nitrogens with zero attached hydrogens (tertiary/aromatic N) is 2. The second kappa shape index (κ2) is 10.1. The van der Waals surface area contributed by atoms with Crippen molar-refractivity contribution < 1.29 is 23.8 Å². The van der Waals surface area contributed by atoms with E-state index in [1.807, 2.05) is 31.2 Å². The zero-order valence-corrected chi connectivity index (χ0v) is 21.7. The van der Waals surface area contributed by atoms with E-state index in [-0.39, 0.29) is 17.7 Å². The summed E-state index contributed by atoms with van der Waals surface area (Å²) >= 11 is 1.20. The van der Waals surface area contributed by atoms with Gasteiger partial charge in [-0.1, -0.05) is 53.3 Å². The highest BCUT2D eigenvalue weighted by atomic mass is 32.1. The maximum absolute atomic E-state index is 13.7. The molecule has 2 aromatic heterocycles. The number of carboxylic acid groups (broad SMARTS) is 1. The van der Waals surface area contributed by atoms with E-state index in [2.05, 4.69) is 4.99 Å². The van der Waals surface area contributed by atoms with E-state index in [1.165, 1.54) is 28.0 Å². The lowest BCUT2D eigenvalue weighted by molar-refractivity contribution is -0.139. The summed E-state index contributed by atoms with van der Waals surface area (Å²) in [5, 5.41) is 9.27. The second-order valence-corrected chi connectivity index (χ2v) is 9.81. The van der Waals surface area contributed by atoms with Gasteiger partial charge in [-0.3, -0.25) is 9.36 Å². The third-order valence-corrected chi connectivity index (χ3v) is 7.19. The van der Waals surface area contributed by atoms with E-state index in [4.69, 9.17) is 9.15 Å². The van der Waals surface area contributed by atoms with Gasteiger partial charge >= 0.3 is 11.9 Å². The number of aryl methyl sites for hydroxylation is 1. The molecule has 0 saturated heterocycles. The summed E-state index contributed by atoms with van der Waals surface area (Å²) in [4.78, 5) is 43.0. The average molecular weight is 529 g/mol. The van der Waals surface area contributed by atoms with Gasteiger partial charge in [-0.05, 0) is 50.6 Å². The standard InChI is InChI=1S/C29H24N2O6S/c1-4-36-28(35)24-17(3)30-29-31(25(24)18-10-8-16(2)9-11-18)26(32)23(38-29)15-21-12-13-22(37-21)19-6-5-7-20(14-19)27(33)34/h5-15,25H,4H2,1-3H3,(H,33,34)/b23-15-/t25-/m0/s1. The van der Waals surface area contributed by atoms with Crippen LogP contribution in [-0.4, -0.2) is 28.2 Å². The molecule has 1 atom stereocenters. The second-order valence-electron chi connectivity index (χ2n) is 8.80. The number of esters is 1. The Morgan fingerprint density at radius 3 is 2.61 bits per heavy atom. The minimum absolute atomic E-state index is 0.151. The number of hydrogen-bond donors (Lipinski definition) is 1. The fraction of sp³-hybridized carbons (Fsp3) is 0.172. The Bertz CT molecular complexity index is 1770. The van der Waals surface area contributed by atoms with E-state index < -0.39 is 18.0 Å². The topological polar surface area (TPSA) is 111 Å². The quantitative estimate of drug-likeness (QED) is 0.378. The molecule has 1 aliphatic rings. The summed E-state index contributed by atoms with van der Waals surface area (Å²) in [5.41, 5.74) is 3.12. The minimum Gasteiger partial charge on any atom is -0.478 e. The minimum atomic E-state index is -1.03. The van der Waals surface area contributed by atoms with Crippen LogP contribution in [0.25, 0.3) is 17.4 Å². The van der Waals surface area contributed by atoms with Crippen LogP contribution in [0.5, 0.6) is 0 Å². The average Bonchev–Trinajstić information content (AvgIpc) is 3.48. The van der Waals surface area contributed by atoms with Gasteiger partial charge < -0.3 is 14.3 Å². The molecule has 0 saturated carbocycles. The number of carboxylic acids is 1. The molecule has 2 aromatic carbocycles. The van der Waals surface area contributed by atoms with Crippen molar-refractivity contribution in [3.63, 3.8) is 0 Å². The van der Waals surface area contributed by atoms with E-state index in [9.17, 15) is 19.5 Å².